The Balaban J connectivity index is 2.46. The Morgan fingerprint density at radius 3 is 2.56 bits per heavy atom. The summed E-state index contributed by atoms with van der Waals surface area (Å²) in [4.78, 5) is 12.3. The third-order valence-electron chi connectivity index (χ3n) is 2.71. The third-order valence-corrected chi connectivity index (χ3v) is 3.10. The van der Waals surface area contributed by atoms with Crippen molar-refractivity contribution in [3.63, 3.8) is 0 Å². The molecule has 0 aliphatic heterocycles. The predicted molar refractivity (Wildman–Crippen MR) is 72.6 cm³/mol. The van der Waals surface area contributed by atoms with E-state index >= 15 is 0 Å². The molecule has 0 bridgehead atoms. The van der Waals surface area contributed by atoms with Gasteiger partial charge >= 0.3 is 0 Å². The second kappa shape index (κ2) is 5.23. The number of benzene rings is 2. The highest BCUT2D eigenvalue weighted by Gasteiger charge is 2.15. The van der Waals surface area contributed by atoms with Crippen molar-refractivity contribution < 1.29 is 9.53 Å². The van der Waals surface area contributed by atoms with Crippen LogP contribution < -0.4 is 4.74 Å². The first kappa shape index (κ1) is 12.7. The van der Waals surface area contributed by atoms with E-state index in [2.05, 4.69) is 0 Å². The Morgan fingerprint density at radius 2 is 1.89 bits per heavy atom. The van der Waals surface area contributed by atoms with E-state index in [1.54, 1.807) is 24.3 Å². The Morgan fingerprint density at radius 1 is 1.17 bits per heavy atom. The lowest BCUT2D eigenvalue weighted by molar-refractivity contribution is 0.103. The van der Waals surface area contributed by atoms with Gasteiger partial charge in [-0.05, 0) is 25.1 Å². The van der Waals surface area contributed by atoms with Gasteiger partial charge in [0.1, 0.15) is 5.75 Å². The molecule has 92 valence electrons. The van der Waals surface area contributed by atoms with E-state index in [9.17, 15) is 4.79 Å². The molecule has 0 atom stereocenters. The summed E-state index contributed by atoms with van der Waals surface area (Å²) >= 11 is 6.15. The van der Waals surface area contributed by atoms with Crippen molar-refractivity contribution in [2.24, 2.45) is 0 Å². The Bertz CT molecular complexity index is 591. The van der Waals surface area contributed by atoms with E-state index in [0.717, 1.165) is 5.56 Å². The number of ether oxygens (including phenoxy) is 1. The number of carbonyl (C=O) groups is 1. The van der Waals surface area contributed by atoms with Crippen molar-refractivity contribution in [3.05, 3.63) is 64.2 Å². The Hall–Kier alpha value is -1.80. The van der Waals surface area contributed by atoms with Crippen LogP contribution in [0.15, 0.2) is 42.5 Å². The summed E-state index contributed by atoms with van der Waals surface area (Å²) in [5.41, 5.74) is 2.13. The quantitative estimate of drug-likeness (QED) is 0.783. The zero-order valence-electron chi connectivity index (χ0n) is 10.2. The van der Waals surface area contributed by atoms with Gasteiger partial charge < -0.3 is 4.74 Å². The molecule has 0 saturated heterocycles. The normalized spacial score (nSPS) is 10.2. The third kappa shape index (κ3) is 2.39. The molecule has 0 aliphatic carbocycles. The van der Waals surface area contributed by atoms with E-state index in [-0.39, 0.29) is 5.78 Å². The Kier molecular flexibility index (Phi) is 3.68. The van der Waals surface area contributed by atoms with Gasteiger partial charge in [-0.1, -0.05) is 41.4 Å². The van der Waals surface area contributed by atoms with Crippen molar-refractivity contribution in [3.8, 4) is 5.75 Å². The molecule has 3 heteroatoms. The summed E-state index contributed by atoms with van der Waals surface area (Å²) in [5.74, 6) is 0.415. The molecule has 2 aromatic carbocycles. The minimum atomic E-state index is -0.0948. The van der Waals surface area contributed by atoms with Crippen LogP contribution in [0.4, 0.5) is 0 Å². The van der Waals surface area contributed by atoms with Gasteiger partial charge in [0.25, 0.3) is 0 Å². The number of hydrogen-bond donors (Lipinski definition) is 0. The second-order valence-corrected chi connectivity index (χ2v) is 4.40. The van der Waals surface area contributed by atoms with Gasteiger partial charge in [0.2, 0.25) is 0 Å². The highest BCUT2D eigenvalue weighted by Crippen LogP contribution is 2.29. The van der Waals surface area contributed by atoms with Crippen molar-refractivity contribution in [1.82, 2.24) is 0 Å². The zero-order valence-corrected chi connectivity index (χ0v) is 11.0. The molecule has 2 nitrogen and oxygen atoms in total. The summed E-state index contributed by atoms with van der Waals surface area (Å²) in [7, 11) is 1.53. The van der Waals surface area contributed by atoms with Gasteiger partial charge in [0.15, 0.2) is 5.78 Å². The maximum absolute atomic E-state index is 12.3. The van der Waals surface area contributed by atoms with Crippen LogP contribution in [0, 0.1) is 6.92 Å². The molecule has 18 heavy (non-hydrogen) atoms. The molecule has 0 unspecified atom stereocenters. The molecule has 0 aromatic heterocycles. The Labute approximate surface area is 111 Å². The zero-order chi connectivity index (χ0) is 13.1. The molecule has 0 N–H and O–H groups in total. The van der Waals surface area contributed by atoms with Gasteiger partial charge in [-0.15, -0.1) is 0 Å². The van der Waals surface area contributed by atoms with E-state index in [1.807, 2.05) is 25.1 Å². The van der Waals surface area contributed by atoms with Crippen LogP contribution in [0.3, 0.4) is 0 Å². The van der Waals surface area contributed by atoms with Gasteiger partial charge in [0, 0.05) is 11.1 Å². The molecular weight excluding hydrogens is 248 g/mol. The number of rotatable bonds is 3. The summed E-state index contributed by atoms with van der Waals surface area (Å²) in [6.07, 6.45) is 0. The minimum Gasteiger partial charge on any atom is -0.495 e. The highest BCUT2D eigenvalue weighted by molar-refractivity contribution is 6.36. The summed E-state index contributed by atoms with van der Waals surface area (Å²) in [6, 6.07) is 12.6. The second-order valence-electron chi connectivity index (χ2n) is 4.02. The first-order valence-electron chi connectivity index (χ1n) is 5.57. The number of halogens is 1. The van der Waals surface area contributed by atoms with Gasteiger partial charge in [-0.25, -0.2) is 0 Å². The fraction of sp³-hybridized carbons (Fsp3) is 0.133. The van der Waals surface area contributed by atoms with E-state index in [1.165, 1.54) is 7.11 Å². The first-order valence-corrected chi connectivity index (χ1v) is 5.95. The monoisotopic (exact) mass is 260 g/mol. The fourth-order valence-electron chi connectivity index (χ4n) is 1.79. The average molecular weight is 261 g/mol. The first-order chi connectivity index (χ1) is 8.63. The maximum Gasteiger partial charge on any atom is 0.194 e. The number of hydrogen-bond acceptors (Lipinski definition) is 2. The lowest BCUT2D eigenvalue weighted by Gasteiger charge is -2.08. The number of ketones is 1. The SMILES string of the molecule is COc1cccc(C(=O)c2cccc(C)c2)c1Cl. The minimum absolute atomic E-state index is 0.0948. The van der Waals surface area contributed by atoms with Crippen LogP contribution in [-0.2, 0) is 0 Å². The number of methoxy groups -OCH3 is 1. The van der Waals surface area contributed by atoms with Crippen LogP contribution >= 0.6 is 11.6 Å². The van der Waals surface area contributed by atoms with Crippen molar-refractivity contribution >= 4 is 17.4 Å². The van der Waals surface area contributed by atoms with Gasteiger partial charge in [-0.3, -0.25) is 4.79 Å². The summed E-state index contributed by atoms with van der Waals surface area (Å²) in [5, 5.41) is 0.353. The van der Waals surface area contributed by atoms with Crippen molar-refractivity contribution in [2.45, 2.75) is 6.92 Å². The molecule has 0 aliphatic rings. The highest BCUT2D eigenvalue weighted by atomic mass is 35.5. The molecule has 2 aromatic rings. The van der Waals surface area contributed by atoms with Crippen LogP contribution in [-0.4, -0.2) is 12.9 Å². The molecule has 0 amide bonds. The molecule has 0 radical (unpaired) electrons. The van der Waals surface area contributed by atoms with E-state index < -0.39 is 0 Å². The lowest BCUT2D eigenvalue weighted by Crippen LogP contribution is -2.03. The van der Waals surface area contributed by atoms with Gasteiger partial charge in [-0.2, -0.15) is 0 Å². The molecule has 0 saturated carbocycles. The van der Waals surface area contributed by atoms with Gasteiger partial charge in [0.05, 0.1) is 12.1 Å². The molecule has 0 spiro atoms. The van der Waals surface area contributed by atoms with Crippen LogP contribution in [0.5, 0.6) is 5.75 Å². The maximum atomic E-state index is 12.3. The average Bonchev–Trinajstić information content (AvgIpc) is 2.38. The molecule has 0 heterocycles. The predicted octanol–water partition coefficient (Wildman–Crippen LogP) is 3.89. The standard InChI is InChI=1S/C15H13ClO2/c1-10-5-3-6-11(9-10)15(17)12-7-4-8-13(18-2)14(12)16/h3-9H,1-2H3. The van der Waals surface area contributed by atoms with E-state index in [0.29, 0.717) is 21.9 Å². The summed E-state index contributed by atoms with van der Waals surface area (Å²) < 4.78 is 5.11. The van der Waals surface area contributed by atoms with Crippen LogP contribution in [0.25, 0.3) is 0 Å². The van der Waals surface area contributed by atoms with E-state index in [4.69, 9.17) is 16.3 Å². The van der Waals surface area contributed by atoms with Crippen molar-refractivity contribution in [1.29, 1.82) is 0 Å². The number of aryl methyl sites for hydroxylation is 1. The topological polar surface area (TPSA) is 26.3 Å². The summed E-state index contributed by atoms with van der Waals surface area (Å²) in [6.45, 7) is 1.95. The molecule has 2 rings (SSSR count). The number of carbonyl (C=O) groups excluding carboxylic acids is 1. The largest absolute Gasteiger partial charge is 0.495 e. The molecule has 0 fully saturated rings. The lowest BCUT2D eigenvalue weighted by atomic mass is 10.0. The molecular formula is C15H13ClO2. The van der Waals surface area contributed by atoms with Crippen molar-refractivity contribution in [2.75, 3.05) is 7.11 Å². The van der Waals surface area contributed by atoms with Crippen LogP contribution in [0.2, 0.25) is 5.02 Å². The smallest absolute Gasteiger partial charge is 0.194 e. The fourth-order valence-corrected chi connectivity index (χ4v) is 2.07. The van der Waals surface area contributed by atoms with Crippen LogP contribution in [0.1, 0.15) is 21.5 Å².